The number of aromatic nitrogens is 2. The Morgan fingerprint density at radius 3 is 2.35 bits per heavy atom. The summed E-state index contributed by atoms with van der Waals surface area (Å²) < 4.78 is 8.69. The van der Waals surface area contributed by atoms with Crippen LogP contribution in [0.2, 0.25) is 0 Å². The van der Waals surface area contributed by atoms with E-state index in [1.807, 2.05) is 25.4 Å². The van der Waals surface area contributed by atoms with E-state index in [0.29, 0.717) is 5.89 Å². The van der Waals surface area contributed by atoms with Crippen LogP contribution in [0.1, 0.15) is 42.1 Å². The Hall–Kier alpha value is -6.00. The molecule has 238 valence electrons. The smallest absolute Gasteiger partial charge is 0.227 e. The molecule has 0 bridgehead atoms. The number of allylic oxidation sites excluding steroid dienone is 4. The minimum absolute atomic E-state index is 0.623. The van der Waals surface area contributed by atoms with Gasteiger partial charge in [-0.25, -0.2) is 4.98 Å². The highest BCUT2D eigenvalue weighted by Crippen LogP contribution is 2.35. The highest BCUT2D eigenvalue weighted by molar-refractivity contribution is 5.90. The molecule has 0 saturated carbocycles. The topological polar surface area (TPSA) is 43.3 Å². The first-order valence-corrected chi connectivity index (χ1v) is 16.9. The van der Waals surface area contributed by atoms with Crippen LogP contribution in [0.4, 0.5) is 0 Å². The molecule has 0 N–H and O–H groups in total. The molecule has 0 unspecified atom stereocenters. The average molecular weight is 636 g/mol. The normalized spacial score (nSPS) is 13.3. The number of para-hydroxylation sites is 1. The van der Waals surface area contributed by atoms with E-state index in [9.17, 15) is 0 Å². The number of fused-ring (bicyclic) bond motifs is 2. The van der Waals surface area contributed by atoms with E-state index in [4.69, 9.17) is 9.40 Å². The number of nitrogens with zero attached hydrogens (tertiary/aromatic N) is 3. The summed E-state index contributed by atoms with van der Waals surface area (Å²) in [5.74, 6) is 0.623. The molecule has 0 fully saturated rings. The molecule has 3 heterocycles. The van der Waals surface area contributed by atoms with Gasteiger partial charge in [0.05, 0.1) is 5.52 Å². The lowest BCUT2D eigenvalue weighted by atomic mass is 9.96. The van der Waals surface area contributed by atoms with Crippen molar-refractivity contribution >= 4 is 39.9 Å². The molecule has 4 nitrogen and oxygen atoms in total. The first kappa shape index (κ1) is 30.3. The lowest BCUT2D eigenvalue weighted by Gasteiger charge is -2.13. The Kier molecular flexibility index (Phi) is 7.98. The zero-order valence-electron chi connectivity index (χ0n) is 28.0. The number of benzene rings is 5. The molecule has 0 radical (unpaired) electrons. The largest absolute Gasteiger partial charge is 0.436 e. The van der Waals surface area contributed by atoms with Crippen molar-refractivity contribution in [2.45, 2.75) is 33.6 Å². The van der Waals surface area contributed by atoms with Crippen molar-refractivity contribution in [3.63, 3.8) is 0 Å². The molecule has 2 aromatic heterocycles. The van der Waals surface area contributed by atoms with Crippen LogP contribution in [0, 0.1) is 13.8 Å². The van der Waals surface area contributed by atoms with Crippen molar-refractivity contribution in [2.75, 3.05) is 0 Å². The second kappa shape index (κ2) is 12.9. The SMILES string of the molecule is C/C=C\C=C/c1c(C)c2ccccc2n1-c1ccc(-c2ccc(-c3nc4ccc(-c5cccc(C6=CN=CCC6)c5)cc4o3)cc2)c(C)c1. The number of rotatable bonds is 7. The fourth-order valence-corrected chi connectivity index (χ4v) is 6.91. The van der Waals surface area contributed by atoms with Crippen molar-refractivity contribution in [1.82, 2.24) is 9.55 Å². The first-order chi connectivity index (χ1) is 24.1. The van der Waals surface area contributed by atoms with Crippen LogP contribution in [-0.2, 0) is 0 Å². The van der Waals surface area contributed by atoms with Crippen LogP contribution in [0.25, 0.3) is 73.0 Å². The molecular weight excluding hydrogens is 599 g/mol. The lowest BCUT2D eigenvalue weighted by Crippen LogP contribution is -1.98. The zero-order valence-corrected chi connectivity index (χ0v) is 28.0. The van der Waals surface area contributed by atoms with E-state index in [0.717, 1.165) is 51.9 Å². The van der Waals surface area contributed by atoms with Gasteiger partial charge in [-0.2, -0.15) is 0 Å². The van der Waals surface area contributed by atoms with Gasteiger partial charge in [0.15, 0.2) is 5.58 Å². The molecule has 0 saturated heterocycles. The summed E-state index contributed by atoms with van der Waals surface area (Å²) in [5, 5.41) is 1.27. The average Bonchev–Trinajstić information content (AvgIpc) is 3.70. The predicted octanol–water partition coefficient (Wildman–Crippen LogP) is 12.2. The third-order valence-electron chi connectivity index (χ3n) is 9.48. The maximum Gasteiger partial charge on any atom is 0.227 e. The zero-order chi connectivity index (χ0) is 33.3. The number of aryl methyl sites for hydroxylation is 2. The monoisotopic (exact) mass is 635 g/mol. The molecular formula is C45H37N3O. The summed E-state index contributed by atoms with van der Waals surface area (Å²) in [4.78, 5) is 9.19. The van der Waals surface area contributed by atoms with E-state index in [-0.39, 0.29) is 0 Å². The van der Waals surface area contributed by atoms with Gasteiger partial charge >= 0.3 is 0 Å². The van der Waals surface area contributed by atoms with Gasteiger partial charge in [0.25, 0.3) is 0 Å². The molecule has 0 aliphatic carbocycles. The van der Waals surface area contributed by atoms with Crippen LogP contribution in [0.3, 0.4) is 0 Å². The quantitative estimate of drug-likeness (QED) is 0.164. The number of oxazole rings is 1. The summed E-state index contributed by atoms with van der Waals surface area (Å²) >= 11 is 0. The van der Waals surface area contributed by atoms with Gasteiger partial charge in [-0.15, -0.1) is 0 Å². The summed E-state index contributed by atoms with van der Waals surface area (Å²) in [6.45, 7) is 6.43. The minimum atomic E-state index is 0.623. The molecule has 8 rings (SSSR count). The van der Waals surface area contributed by atoms with Crippen LogP contribution in [0.15, 0.2) is 143 Å². The van der Waals surface area contributed by atoms with Crippen molar-refractivity contribution in [1.29, 1.82) is 0 Å². The van der Waals surface area contributed by atoms with Crippen LogP contribution in [0.5, 0.6) is 0 Å². The van der Waals surface area contributed by atoms with Crippen molar-refractivity contribution in [3.8, 4) is 39.4 Å². The Morgan fingerprint density at radius 1 is 0.735 bits per heavy atom. The standard InChI is InChI=1S/C45H37N3O/c1-4-5-6-15-42-31(3)40-14-7-8-16-43(40)48(42)38-22-23-39(30(2)26-38)32-17-19-33(20-18-32)45-47-41-24-21-36(28-44(41)49-45)34-11-9-12-35(27-34)37-13-10-25-46-29-37/h4-9,11-12,14-29H,10,13H2,1-3H3/b5-4-,15-6-. The molecule has 0 amide bonds. The summed E-state index contributed by atoms with van der Waals surface area (Å²) in [6, 6.07) is 38.8. The van der Waals surface area contributed by atoms with E-state index < -0.39 is 0 Å². The van der Waals surface area contributed by atoms with Crippen molar-refractivity contribution in [3.05, 3.63) is 156 Å². The van der Waals surface area contributed by atoms with Gasteiger partial charge in [0, 0.05) is 34.7 Å². The fourth-order valence-electron chi connectivity index (χ4n) is 6.91. The molecule has 1 aliphatic heterocycles. The molecule has 1 aliphatic rings. The van der Waals surface area contributed by atoms with Crippen LogP contribution in [-0.4, -0.2) is 15.8 Å². The molecule has 7 aromatic rings. The minimum Gasteiger partial charge on any atom is -0.436 e. The van der Waals surface area contributed by atoms with Gasteiger partial charge in [-0.3, -0.25) is 4.99 Å². The summed E-state index contributed by atoms with van der Waals surface area (Å²) in [5.41, 5.74) is 15.7. The maximum atomic E-state index is 6.33. The number of hydrogen-bond acceptors (Lipinski definition) is 3. The molecule has 5 aromatic carbocycles. The highest BCUT2D eigenvalue weighted by Gasteiger charge is 2.16. The predicted molar refractivity (Wildman–Crippen MR) is 206 cm³/mol. The van der Waals surface area contributed by atoms with Crippen molar-refractivity contribution < 1.29 is 4.42 Å². The second-order valence-electron chi connectivity index (χ2n) is 12.6. The third-order valence-corrected chi connectivity index (χ3v) is 9.48. The molecule has 4 heteroatoms. The summed E-state index contributed by atoms with van der Waals surface area (Å²) in [6.07, 6.45) is 14.4. The molecule has 0 spiro atoms. The first-order valence-electron chi connectivity index (χ1n) is 16.9. The highest BCUT2D eigenvalue weighted by atomic mass is 16.3. The third kappa shape index (κ3) is 5.76. The van der Waals surface area contributed by atoms with Crippen molar-refractivity contribution in [2.24, 2.45) is 4.99 Å². The van der Waals surface area contributed by atoms with Crippen LogP contribution >= 0.6 is 0 Å². The molecule has 49 heavy (non-hydrogen) atoms. The van der Waals surface area contributed by atoms with Gasteiger partial charge in [0.2, 0.25) is 5.89 Å². The molecule has 0 atom stereocenters. The van der Waals surface area contributed by atoms with Crippen LogP contribution < -0.4 is 0 Å². The Balaban J connectivity index is 1.07. The van der Waals surface area contributed by atoms with Gasteiger partial charge in [-0.05, 0) is 133 Å². The maximum absolute atomic E-state index is 6.33. The van der Waals surface area contributed by atoms with Gasteiger partial charge in [0.1, 0.15) is 5.52 Å². The second-order valence-corrected chi connectivity index (χ2v) is 12.6. The summed E-state index contributed by atoms with van der Waals surface area (Å²) in [7, 11) is 0. The van der Waals surface area contributed by atoms with Gasteiger partial charge < -0.3 is 8.98 Å². The Bertz CT molecular complexity index is 2470. The van der Waals surface area contributed by atoms with E-state index in [1.54, 1.807) is 0 Å². The van der Waals surface area contributed by atoms with Gasteiger partial charge in [-0.1, -0.05) is 78.9 Å². The van der Waals surface area contributed by atoms with E-state index >= 15 is 0 Å². The Morgan fingerprint density at radius 2 is 1.53 bits per heavy atom. The van der Waals surface area contributed by atoms with E-state index in [1.165, 1.54) is 44.4 Å². The lowest BCUT2D eigenvalue weighted by molar-refractivity contribution is 0.620. The Labute approximate surface area is 287 Å². The van der Waals surface area contributed by atoms with E-state index in [2.05, 4.69) is 151 Å². The number of aliphatic imine (C=N–C) groups is 1. The number of hydrogen-bond donors (Lipinski definition) is 0. The fraction of sp³-hybridized carbons (Fsp3) is 0.111.